The van der Waals surface area contributed by atoms with E-state index in [1.54, 1.807) is 24.3 Å². The second-order valence-electron chi connectivity index (χ2n) is 23.0. The van der Waals surface area contributed by atoms with Crippen LogP contribution in [0.4, 0.5) is 14.6 Å². The molecule has 3 fully saturated rings. The number of hydrogen-bond donors (Lipinski definition) is 6. The first kappa shape index (κ1) is 69.7. The highest BCUT2D eigenvalue weighted by molar-refractivity contribution is 8.54. The number of H-pyrrole nitrogens is 1. The van der Waals surface area contributed by atoms with Crippen molar-refractivity contribution in [3.8, 4) is 0 Å². The van der Waals surface area contributed by atoms with Crippen LogP contribution in [0.25, 0.3) is 22.3 Å². The van der Waals surface area contributed by atoms with Gasteiger partial charge in [0.25, 0.3) is 17.4 Å². The van der Waals surface area contributed by atoms with Crippen molar-refractivity contribution in [2.45, 2.75) is 165 Å². The molecular weight excluding hydrogens is 1290 g/mol. The van der Waals surface area contributed by atoms with Gasteiger partial charge >= 0.3 is 13.5 Å². The van der Waals surface area contributed by atoms with Gasteiger partial charge in [0.1, 0.15) is 42.0 Å². The van der Waals surface area contributed by atoms with E-state index in [1.165, 1.54) is 27.9 Å². The first-order chi connectivity index (χ1) is 44.0. The highest BCUT2D eigenvalue weighted by Gasteiger charge is 2.55. The van der Waals surface area contributed by atoms with Gasteiger partial charge in [-0.25, -0.2) is 38.3 Å². The predicted octanol–water partition coefficient (Wildman–Crippen LogP) is 5.12. The molecule has 1 aromatic carbocycles. The highest BCUT2D eigenvalue weighted by Crippen LogP contribution is 2.65. The van der Waals surface area contributed by atoms with Crippen LogP contribution in [-0.4, -0.2) is 159 Å². The lowest BCUT2D eigenvalue weighted by atomic mass is 9.88. The molecule has 9 rings (SSSR count). The summed E-state index contributed by atoms with van der Waals surface area (Å²) in [5.74, 6) is -3.38. The molecule has 4 aliphatic rings. The second-order valence-corrected chi connectivity index (χ2v) is 29.9. The van der Waals surface area contributed by atoms with Crippen LogP contribution in [0, 0.1) is 11.8 Å². The standard InChI is InChI=1S/C57H73F2N13O16P2S2/c1-32(2)36(24-35(73)11-5-3-9-21-62-42(76)14-6-4-10-22-70-43(77)19-20-44(70)78)54(79)69-37(12-7-8-13-41(60)75)38(74)23-33-15-17-34(18-16-33)27-92-90(82)84-26-40-49(45(58)56(86-40)71-30-67-47-51(61)63-28-64-52(47)71)87-89(81,91)83-25-39-50(88-90)46(59)57(85-39)72-31-68-48-53(72)65-29-66-55(48)80/h15-20,28-32,36-37,39-40,45-46,49-50,56-57H,3-14,21-27H2,1-2H3,(H2,60,75)(H,62,76)(H,69,79)(H,81,91)(H2,61,63,64)(H,65,66,80)/t36-,37-,39+,40+,45+,46+,49+,50+,56+,57+,89?,90?/m0/s1. The van der Waals surface area contributed by atoms with Crippen LogP contribution in [0.15, 0.2) is 66.5 Å². The van der Waals surface area contributed by atoms with Gasteiger partial charge in [-0.05, 0) is 78.8 Å². The lowest BCUT2D eigenvalue weighted by Crippen LogP contribution is -2.45. The van der Waals surface area contributed by atoms with E-state index in [0.717, 1.165) is 23.5 Å². The van der Waals surface area contributed by atoms with Crippen molar-refractivity contribution in [2.24, 2.45) is 17.6 Å². The van der Waals surface area contributed by atoms with Gasteiger partial charge in [0.05, 0.1) is 38.2 Å². The molecule has 92 heavy (non-hydrogen) atoms. The fourth-order valence-corrected chi connectivity index (χ4v) is 15.8. The second kappa shape index (κ2) is 31.5. The van der Waals surface area contributed by atoms with Crippen LogP contribution in [0.3, 0.4) is 0 Å². The number of nitrogen functional groups attached to an aromatic ring is 1. The number of imide groups is 1. The van der Waals surface area contributed by atoms with E-state index in [0.29, 0.717) is 93.4 Å². The number of carbonyl (C=O) groups is 7. The van der Waals surface area contributed by atoms with Crippen LogP contribution in [0.2, 0.25) is 0 Å². The van der Waals surface area contributed by atoms with Gasteiger partial charge in [0.15, 0.2) is 53.2 Å². The van der Waals surface area contributed by atoms with Crippen LogP contribution < -0.4 is 27.7 Å². The summed E-state index contributed by atoms with van der Waals surface area (Å²) < 4.78 is 87.4. The van der Waals surface area contributed by atoms with Crippen molar-refractivity contribution in [1.82, 2.24) is 54.6 Å². The largest absolute Gasteiger partial charge is 0.389 e. The molecule has 8 N–H and O–H groups in total. The Hall–Kier alpha value is -6.64. The van der Waals surface area contributed by atoms with E-state index < -0.39 is 105 Å². The van der Waals surface area contributed by atoms with Crippen LogP contribution in [0.1, 0.15) is 121 Å². The molecule has 5 amide bonds. The molecule has 0 saturated carbocycles. The van der Waals surface area contributed by atoms with Crippen LogP contribution in [-0.2, 0) is 89.7 Å². The number of imidazole rings is 2. The minimum absolute atomic E-state index is 0.00188. The molecule has 2 unspecified atom stereocenters. The molecule has 498 valence electrons. The lowest BCUT2D eigenvalue weighted by molar-refractivity contribution is -0.137. The van der Waals surface area contributed by atoms with E-state index in [-0.39, 0.29) is 101 Å². The third-order valence-corrected chi connectivity index (χ3v) is 21.2. The Labute approximate surface area is 535 Å². The molecule has 0 radical (unpaired) electrons. The zero-order chi connectivity index (χ0) is 65.9. The Balaban J connectivity index is 0.823. The topological polar surface area (TPSA) is 399 Å². The number of anilines is 1. The monoisotopic (exact) mass is 1360 g/mol. The fraction of sp³-hybridized carbons (Fsp3) is 0.561. The maximum Gasteiger partial charge on any atom is 0.389 e. The van der Waals surface area contributed by atoms with Crippen molar-refractivity contribution in [3.63, 3.8) is 0 Å². The van der Waals surface area contributed by atoms with Gasteiger partial charge < -0.3 is 46.0 Å². The number of rotatable bonds is 30. The van der Waals surface area contributed by atoms with Crippen molar-refractivity contribution in [3.05, 3.63) is 83.2 Å². The molecule has 29 nitrogen and oxygen atoms in total. The number of aromatic amines is 1. The molecule has 35 heteroatoms. The first-order valence-corrected chi connectivity index (χ1v) is 35.9. The van der Waals surface area contributed by atoms with Gasteiger partial charge in [0.2, 0.25) is 17.7 Å². The predicted molar refractivity (Wildman–Crippen MR) is 331 cm³/mol. The number of alkyl halides is 2. The molecule has 3 saturated heterocycles. The van der Waals surface area contributed by atoms with Gasteiger partial charge in [-0.2, -0.15) is 0 Å². The normalized spacial score (nSPS) is 25.7. The summed E-state index contributed by atoms with van der Waals surface area (Å²) in [6, 6.07) is 5.60. The fourth-order valence-electron chi connectivity index (χ4n) is 11.0. The average molecular weight is 1360 g/mol. The van der Waals surface area contributed by atoms with Gasteiger partial charge in [-0.15, -0.1) is 0 Å². The molecule has 0 bridgehead atoms. The molecule has 4 aliphatic heterocycles. The van der Waals surface area contributed by atoms with Gasteiger partial charge in [-0.1, -0.05) is 57.4 Å². The zero-order valence-corrected chi connectivity index (χ0v) is 53.8. The van der Waals surface area contributed by atoms with E-state index >= 15 is 13.3 Å². The van der Waals surface area contributed by atoms with Crippen molar-refractivity contribution < 1.29 is 79.4 Å². The summed E-state index contributed by atoms with van der Waals surface area (Å²) >= 11 is 5.96. The number of benzene rings is 1. The summed E-state index contributed by atoms with van der Waals surface area (Å²) in [6.45, 7) is -6.24. The lowest BCUT2D eigenvalue weighted by Gasteiger charge is -2.30. The Bertz CT molecular complexity index is 3680. The van der Waals surface area contributed by atoms with E-state index in [4.69, 9.17) is 50.8 Å². The minimum atomic E-state index is -4.67. The molecule has 12 atom stereocenters. The summed E-state index contributed by atoms with van der Waals surface area (Å²) in [4.78, 5) is 137. The van der Waals surface area contributed by atoms with E-state index in [1.807, 2.05) is 13.8 Å². The summed E-state index contributed by atoms with van der Waals surface area (Å²) in [6.07, 6.45) is -1.94. The number of halogens is 2. The van der Waals surface area contributed by atoms with Crippen LogP contribution >= 0.6 is 24.9 Å². The molecule has 0 aliphatic carbocycles. The Morgan fingerprint density at radius 1 is 0.793 bits per heavy atom. The molecule has 5 aromatic rings. The van der Waals surface area contributed by atoms with E-state index in [9.17, 15) is 43.2 Å². The minimum Gasteiger partial charge on any atom is -0.382 e. The Kier molecular flexibility index (Phi) is 23.9. The number of ketones is 2. The molecule has 4 aromatic heterocycles. The molecule has 8 heterocycles. The first-order valence-electron chi connectivity index (χ1n) is 30.1. The Morgan fingerprint density at radius 3 is 2.10 bits per heavy atom. The number of nitrogens with two attached hydrogens (primary N) is 2. The third kappa shape index (κ3) is 17.8. The summed E-state index contributed by atoms with van der Waals surface area (Å²) in [7, 11) is 0. The zero-order valence-electron chi connectivity index (χ0n) is 50.3. The number of primary amides is 1. The Morgan fingerprint density at radius 2 is 1.41 bits per heavy atom. The molecule has 0 spiro atoms. The quantitative estimate of drug-likeness (QED) is 0.0197. The summed E-state index contributed by atoms with van der Waals surface area (Å²) in [5.41, 5.74) is 11.8. The number of fused-ring (bicyclic) bond motifs is 4. The number of carbonyl (C=O) groups excluding carboxylic acids is 7. The number of unbranched alkanes of at least 4 members (excludes halogenated alkanes) is 5. The van der Waals surface area contributed by atoms with Crippen molar-refractivity contribution in [1.29, 1.82) is 0 Å². The number of nitrogens with zero attached hydrogens (tertiary/aromatic N) is 8. The number of ether oxygens (including phenoxy) is 2. The number of amides is 5. The van der Waals surface area contributed by atoms with Crippen molar-refractivity contribution in [2.75, 3.05) is 32.0 Å². The van der Waals surface area contributed by atoms with Crippen molar-refractivity contribution >= 4 is 106 Å². The highest BCUT2D eigenvalue weighted by atomic mass is 32.7. The van der Waals surface area contributed by atoms with E-state index in [2.05, 4.69) is 40.5 Å². The number of Topliss-reactive ketones (excluding diaryl/α,β-unsaturated/α-hetero) is 2. The van der Waals surface area contributed by atoms with Gasteiger partial charge in [0, 0.05) is 69.0 Å². The maximum atomic E-state index is 17.1. The number of hydrogen-bond acceptors (Lipinski definition) is 23. The average Bonchev–Trinajstić information content (AvgIpc) is 1.63. The maximum absolute atomic E-state index is 17.1. The molecular formula is C57H73F2N13O16P2S2. The smallest absolute Gasteiger partial charge is 0.382 e. The summed E-state index contributed by atoms with van der Waals surface area (Å²) in [5, 5.41) is 5.78. The third-order valence-electron chi connectivity index (χ3n) is 16.0. The van der Waals surface area contributed by atoms with Gasteiger partial charge in [-0.3, -0.25) is 66.0 Å². The SMILES string of the molecule is CC(C)[C@H](CC(=O)CCCCCNC(=O)CCCCCN1C(=O)C=CC1=O)C(=O)N[C@@H](CCCCC(N)=O)C(=O)Cc1ccc(CSP2(=O)OC[C@H]3O[C@@H](n4cnc5c(N)ncnc54)[C@H](F)[C@@H]3OP(O)(=S)OC[C@H]3O[C@@H](n4cnc5c(=O)[nH]cnc54)[C@H](F)[C@@H]3O2)cc1. The van der Waals surface area contributed by atoms with Crippen LogP contribution in [0.5, 0.6) is 0 Å². The number of aromatic nitrogens is 8. The number of nitrogens with one attached hydrogen (secondary N) is 3.